The molecule has 0 saturated carbocycles. The molecule has 2 heterocycles. The molecule has 1 aromatic heterocycles. The third-order valence-corrected chi connectivity index (χ3v) is 6.92. The highest BCUT2D eigenvalue weighted by Crippen LogP contribution is 2.35. The van der Waals surface area contributed by atoms with Crippen molar-refractivity contribution in [1.29, 1.82) is 0 Å². The van der Waals surface area contributed by atoms with Crippen LogP contribution >= 0.6 is 0 Å². The van der Waals surface area contributed by atoms with Crippen LogP contribution < -0.4 is 0 Å². The lowest BCUT2D eigenvalue weighted by atomic mass is 10.1. The number of Topliss-reactive ketones (excluding diaryl/α,β-unsaturated/α-hetero) is 1. The van der Waals surface area contributed by atoms with E-state index in [2.05, 4.69) is 4.98 Å². The van der Waals surface area contributed by atoms with Crippen LogP contribution in [0.1, 0.15) is 27.3 Å². The van der Waals surface area contributed by atoms with E-state index in [0.717, 1.165) is 33.9 Å². The third kappa shape index (κ3) is 4.54. The van der Waals surface area contributed by atoms with E-state index in [4.69, 9.17) is 0 Å². The van der Waals surface area contributed by atoms with Crippen molar-refractivity contribution in [2.75, 3.05) is 32.7 Å². The number of aromatic nitrogens is 1. The fourth-order valence-electron chi connectivity index (χ4n) is 3.49. The largest absolute Gasteiger partial charge is 0.417 e. The van der Waals surface area contributed by atoms with E-state index in [1.54, 1.807) is 6.07 Å². The Bertz CT molecular complexity index is 1010. The number of hydrogen-bond acceptors (Lipinski definition) is 4. The van der Waals surface area contributed by atoms with Crippen molar-refractivity contribution in [3.8, 4) is 0 Å². The Morgan fingerprint density at radius 1 is 1.10 bits per heavy atom. The van der Waals surface area contributed by atoms with Gasteiger partial charge < -0.3 is 4.98 Å². The zero-order valence-electron chi connectivity index (χ0n) is 16.1. The number of ketones is 1. The van der Waals surface area contributed by atoms with Gasteiger partial charge in [0.1, 0.15) is 0 Å². The molecule has 0 aliphatic carbocycles. The van der Waals surface area contributed by atoms with Gasteiger partial charge in [0.15, 0.2) is 5.78 Å². The number of carbonyl (C=O) groups is 1. The van der Waals surface area contributed by atoms with Crippen molar-refractivity contribution in [2.24, 2.45) is 0 Å². The molecule has 6 nitrogen and oxygen atoms in total. The number of sulfonamides is 1. The summed E-state index contributed by atoms with van der Waals surface area (Å²) in [4.78, 5) is 16.6. The molecule has 1 fully saturated rings. The van der Waals surface area contributed by atoms with Crippen molar-refractivity contribution in [3.63, 3.8) is 0 Å². The Balaban J connectivity index is 1.69. The number of aryl methyl sites for hydroxylation is 2. The first-order chi connectivity index (χ1) is 13.5. The van der Waals surface area contributed by atoms with Crippen molar-refractivity contribution < 1.29 is 26.4 Å². The molecule has 3 rings (SSSR count). The first-order valence-electron chi connectivity index (χ1n) is 9.08. The van der Waals surface area contributed by atoms with Gasteiger partial charge in [-0.3, -0.25) is 9.69 Å². The summed E-state index contributed by atoms with van der Waals surface area (Å²) < 4.78 is 66.3. The molecule has 0 unspecified atom stereocenters. The molecule has 29 heavy (non-hydrogen) atoms. The van der Waals surface area contributed by atoms with Gasteiger partial charge in [-0.2, -0.15) is 17.5 Å². The van der Waals surface area contributed by atoms with Crippen LogP contribution in [0.15, 0.2) is 35.2 Å². The summed E-state index contributed by atoms with van der Waals surface area (Å²) in [6.45, 7) is 4.36. The van der Waals surface area contributed by atoms with E-state index in [9.17, 15) is 26.4 Å². The Hall–Kier alpha value is -2.17. The van der Waals surface area contributed by atoms with Gasteiger partial charge in [0, 0.05) is 43.1 Å². The second-order valence-electron chi connectivity index (χ2n) is 7.09. The second kappa shape index (κ2) is 7.92. The maximum Gasteiger partial charge on any atom is 0.417 e. The van der Waals surface area contributed by atoms with E-state index in [1.807, 2.05) is 18.7 Å². The fourth-order valence-corrected chi connectivity index (χ4v) is 5.13. The number of rotatable bonds is 5. The SMILES string of the molecule is Cc1cc(C(=O)CN2CCN(S(=O)(=O)c3ccccc3C(F)(F)F)CC2)c(C)[nH]1. The monoisotopic (exact) mass is 429 g/mol. The maximum absolute atomic E-state index is 13.2. The van der Waals surface area contributed by atoms with Gasteiger partial charge in [-0.1, -0.05) is 12.1 Å². The van der Waals surface area contributed by atoms with Crippen LogP contribution in [0.4, 0.5) is 13.2 Å². The molecule has 0 radical (unpaired) electrons. The van der Waals surface area contributed by atoms with Crippen LogP contribution in [0.25, 0.3) is 0 Å². The van der Waals surface area contributed by atoms with E-state index >= 15 is 0 Å². The van der Waals surface area contributed by atoms with Gasteiger partial charge >= 0.3 is 6.18 Å². The van der Waals surface area contributed by atoms with Gasteiger partial charge in [0.25, 0.3) is 0 Å². The number of halogens is 3. The van der Waals surface area contributed by atoms with Crippen LogP contribution in [-0.2, 0) is 16.2 Å². The van der Waals surface area contributed by atoms with E-state index in [1.165, 1.54) is 6.07 Å². The molecule has 1 aliphatic heterocycles. The molecule has 10 heteroatoms. The van der Waals surface area contributed by atoms with Gasteiger partial charge in [0.05, 0.1) is 17.0 Å². The number of piperazine rings is 1. The Morgan fingerprint density at radius 2 is 1.72 bits per heavy atom. The normalized spacial score (nSPS) is 16.9. The number of alkyl halides is 3. The lowest BCUT2D eigenvalue weighted by Gasteiger charge is -2.34. The molecule has 1 saturated heterocycles. The Morgan fingerprint density at radius 3 is 2.28 bits per heavy atom. The smallest absolute Gasteiger partial charge is 0.362 e. The van der Waals surface area contributed by atoms with Crippen LogP contribution in [0, 0.1) is 13.8 Å². The molecule has 0 atom stereocenters. The van der Waals surface area contributed by atoms with Crippen LogP contribution in [0.2, 0.25) is 0 Å². The lowest BCUT2D eigenvalue weighted by molar-refractivity contribution is -0.139. The average molecular weight is 429 g/mol. The summed E-state index contributed by atoms with van der Waals surface area (Å²) in [5, 5.41) is 0. The van der Waals surface area contributed by atoms with Crippen molar-refractivity contribution >= 4 is 15.8 Å². The Kier molecular flexibility index (Phi) is 5.88. The highest BCUT2D eigenvalue weighted by Gasteiger charge is 2.39. The first-order valence-corrected chi connectivity index (χ1v) is 10.5. The van der Waals surface area contributed by atoms with Gasteiger partial charge in [-0.15, -0.1) is 0 Å². The summed E-state index contributed by atoms with van der Waals surface area (Å²) >= 11 is 0. The topological polar surface area (TPSA) is 73.5 Å². The summed E-state index contributed by atoms with van der Waals surface area (Å²) in [5.74, 6) is -0.0782. The van der Waals surface area contributed by atoms with Crippen LogP contribution in [0.3, 0.4) is 0 Å². The Labute approximate surface area is 167 Å². The standard InChI is InChI=1S/C19H22F3N3O3S/c1-13-11-15(14(2)23-13)17(26)12-24-7-9-25(10-8-24)29(27,28)18-6-4-3-5-16(18)19(20,21)22/h3-6,11,23H,7-10,12H2,1-2H3. The van der Waals surface area contributed by atoms with E-state index in [-0.39, 0.29) is 38.5 Å². The average Bonchev–Trinajstić information content (AvgIpc) is 3.00. The molecule has 0 bridgehead atoms. The summed E-state index contributed by atoms with van der Waals surface area (Å²) in [5.41, 5.74) is 1.08. The molecule has 2 aromatic rings. The molecule has 1 aliphatic rings. The molecular formula is C19H22F3N3O3S. The molecule has 1 N–H and O–H groups in total. The summed E-state index contributed by atoms with van der Waals surface area (Å²) in [6, 6.07) is 5.95. The number of nitrogens with zero attached hydrogens (tertiary/aromatic N) is 2. The number of hydrogen-bond donors (Lipinski definition) is 1. The number of benzene rings is 1. The highest BCUT2D eigenvalue weighted by molar-refractivity contribution is 7.89. The molecule has 0 spiro atoms. The third-order valence-electron chi connectivity index (χ3n) is 4.96. The summed E-state index contributed by atoms with van der Waals surface area (Å²) in [7, 11) is -4.29. The fraction of sp³-hybridized carbons (Fsp3) is 0.421. The quantitative estimate of drug-likeness (QED) is 0.742. The molecule has 0 amide bonds. The maximum atomic E-state index is 13.2. The number of carbonyl (C=O) groups excluding carboxylic acids is 1. The minimum atomic E-state index is -4.76. The number of nitrogens with one attached hydrogen (secondary N) is 1. The minimum Gasteiger partial charge on any atom is -0.362 e. The first kappa shape index (κ1) is 21.5. The van der Waals surface area contributed by atoms with Crippen molar-refractivity contribution in [1.82, 2.24) is 14.2 Å². The lowest BCUT2D eigenvalue weighted by Crippen LogP contribution is -2.50. The minimum absolute atomic E-state index is 0.0208. The van der Waals surface area contributed by atoms with Crippen LogP contribution in [0.5, 0.6) is 0 Å². The number of H-pyrrole nitrogens is 1. The van der Waals surface area contributed by atoms with E-state index < -0.39 is 26.7 Å². The zero-order valence-corrected chi connectivity index (χ0v) is 16.9. The molecule has 158 valence electrons. The highest BCUT2D eigenvalue weighted by atomic mass is 32.2. The van der Waals surface area contributed by atoms with Gasteiger partial charge in [-0.25, -0.2) is 8.42 Å². The van der Waals surface area contributed by atoms with Gasteiger partial charge in [0.2, 0.25) is 10.0 Å². The second-order valence-corrected chi connectivity index (χ2v) is 8.99. The number of aromatic amines is 1. The van der Waals surface area contributed by atoms with Gasteiger partial charge in [-0.05, 0) is 32.0 Å². The van der Waals surface area contributed by atoms with Crippen molar-refractivity contribution in [3.05, 3.63) is 52.8 Å². The van der Waals surface area contributed by atoms with Crippen molar-refractivity contribution in [2.45, 2.75) is 24.9 Å². The predicted octanol–water partition coefficient (Wildman–Crippen LogP) is 2.84. The van der Waals surface area contributed by atoms with E-state index in [0.29, 0.717) is 5.56 Å². The predicted molar refractivity (Wildman–Crippen MR) is 101 cm³/mol. The summed E-state index contributed by atoms with van der Waals surface area (Å²) in [6.07, 6.45) is -4.76. The zero-order chi connectivity index (χ0) is 21.4. The molecular weight excluding hydrogens is 407 g/mol. The van der Waals surface area contributed by atoms with Crippen LogP contribution in [-0.4, -0.2) is 61.1 Å². The molecule has 1 aromatic carbocycles.